The van der Waals surface area contributed by atoms with Gasteiger partial charge in [-0.05, 0) is 29.8 Å². The van der Waals surface area contributed by atoms with E-state index in [1.54, 1.807) is 24.3 Å². The number of carbonyl (C=O) groups excluding carboxylic acids is 1. The molecule has 0 saturated carbocycles. The predicted octanol–water partition coefficient (Wildman–Crippen LogP) is 3.46. The number of anilines is 1. The van der Waals surface area contributed by atoms with Crippen LogP contribution in [-0.2, 0) is 0 Å². The number of benzene rings is 2. The van der Waals surface area contributed by atoms with Gasteiger partial charge in [0.2, 0.25) is 0 Å². The molecule has 0 aliphatic rings. The monoisotopic (exact) mass is 341 g/mol. The van der Waals surface area contributed by atoms with Gasteiger partial charge >= 0.3 is 0 Å². The Morgan fingerprint density at radius 1 is 1.05 bits per heavy atom. The van der Waals surface area contributed by atoms with Crippen LogP contribution in [0.1, 0.15) is 15.9 Å². The van der Waals surface area contributed by atoms with Crippen LogP contribution in [0.3, 0.4) is 0 Å². The summed E-state index contributed by atoms with van der Waals surface area (Å²) >= 11 is 17.9. The van der Waals surface area contributed by atoms with Crippen molar-refractivity contribution in [3.8, 4) is 0 Å². The molecule has 0 amide bonds. The lowest BCUT2D eigenvalue weighted by molar-refractivity contribution is -0.255. The minimum Gasteiger partial charge on any atom is -0.545 e. The molecule has 0 aliphatic carbocycles. The highest BCUT2D eigenvalue weighted by molar-refractivity contribution is 6.45. The number of carboxylic acids is 1. The Kier molecular flexibility index (Phi) is 5.07. The maximum absolute atomic E-state index is 10.6. The van der Waals surface area contributed by atoms with Gasteiger partial charge in [-0.15, -0.1) is 0 Å². The smallest absolute Gasteiger partial charge is 0.0715 e. The highest BCUT2D eigenvalue weighted by atomic mass is 35.5. The van der Waals surface area contributed by atoms with Crippen molar-refractivity contribution in [2.24, 2.45) is 5.10 Å². The van der Waals surface area contributed by atoms with E-state index < -0.39 is 5.97 Å². The van der Waals surface area contributed by atoms with Gasteiger partial charge in [-0.2, -0.15) is 5.10 Å². The summed E-state index contributed by atoms with van der Waals surface area (Å²) in [6.45, 7) is 0. The van der Waals surface area contributed by atoms with Crippen LogP contribution in [0.15, 0.2) is 41.5 Å². The predicted molar refractivity (Wildman–Crippen MR) is 83.5 cm³/mol. The molecule has 0 aromatic heterocycles. The molecule has 0 heterocycles. The quantitative estimate of drug-likeness (QED) is 0.526. The average Bonchev–Trinajstić information content (AvgIpc) is 2.47. The zero-order chi connectivity index (χ0) is 15.4. The van der Waals surface area contributed by atoms with Gasteiger partial charge in [-0.1, -0.05) is 46.9 Å². The second-order valence-corrected chi connectivity index (χ2v) is 5.18. The second-order valence-electron chi connectivity index (χ2n) is 3.99. The topological polar surface area (TPSA) is 64.5 Å². The van der Waals surface area contributed by atoms with Crippen LogP contribution in [-0.4, -0.2) is 12.2 Å². The van der Waals surface area contributed by atoms with Crippen LogP contribution in [0.2, 0.25) is 15.1 Å². The number of nitrogens with zero attached hydrogens (tertiary/aromatic N) is 1. The third-order valence-corrected chi connectivity index (χ3v) is 3.74. The van der Waals surface area contributed by atoms with Crippen molar-refractivity contribution in [2.75, 3.05) is 5.43 Å². The Labute approximate surface area is 135 Å². The lowest BCUT2D eigenvalue weighted by atomic mass is 10.2. The minimum atomic E-state index is -1.23. The van der Waals surface area contributed by atoms with Crippen molar-refractivity contribution in [1.29, 1.82) is 0 Å². The van der Waals surface area contributed by atoms with Gasteiger partial charge < -0.3 is 9.90 Å². The molecule has 0 atom stereocenters. The molecule has 1 N–H and O–H groups in total. The fourth-order valence-electron chi connectivity index (χ4n) is 1.51. The van der Waals surface area contributed by atoms with Crippen molar-refractivity contribution < 1.29 is 9.90 Å². The van der Waals surface area contributed by atoms with E-state index in [1.165, 1.54) is 18.3 Å². The fourth-order valence-corrected chi connectivity index (χ4v) is 2.15. The second kappa shape index (κ2) is 6.80. The number of carboxylic acid groups (broad SMARTS) is 1. The first kappa shape index (κ1) is 15.6. The first-order valence-electron chi connectivity index (χ1n) is 5.73. The van der Waals surface area contributed by atoms with Gasteiger partial charge in [-0.25, -0.2) is 0 Å². The molecule has 4 nitrogen and oxygen atoms in total. The summed E-state index contributed by atoms with van der Waals surface area (Å²) in [6.07, 6.45) is 1.43. The molecule has 0 aliphatic heterocycles. The third-order valence-electron chi connectivity index (χ3n) is 2.59. The third kappa shape index (κ3) is 3.88. The van der Waals surface area contributed by atoms with Crippen LogP contribution < -0.4 is 10.5 Å². The average molecular weight is 343 g/mol. The molecule has 7 heteroatoms. The fraction of sp³-hybridized carbons (Fsp3) is 0. The Hall–Kier alpha value is -1.75. The number of hydrogen-bond donors (Lipinski definition) is 1. The van der Waals surface area contributed by atoms with E-state index >= 15 is 0 Å². The number of aromatic carboxylic acids is 1. The maximum Gasteiger partial charge on any atom is 0.0715 e. The number of nitrogens with one attached hydrogen (secondary N) is 1. The molecule has 108 valence electrons. The summed E-state index contributed by atoms with van der Waals surface area (Å²) in [5.41, 5.74) is 3.91. The molecule has 0 spiro atoms. The van der Waals surface area contributed by atoms with Crippen LogP contribution >= 0.6 is 34.8 Å². The summed E-state index contributed by atoms with van der Waals surface area (Å²) in [7, 11) is 0. The molecule has 0 fully saturated rings. The van der Waals surface area contributed by atoms with Crippen molar-refractivity contribution in [3.63, 3.8) is 0 Å². The highest BCUT2D eigenvalue weighted by Crippen LogP contribution is 2.30. The summed E-state index contributed by atoms with van der Waals surface area (Å²) in [5, 5.41) is 15.7. The van der Waals surface area contributed by atoms with Gasteiger partial charge in [-0.3, -0.25) is 5.43 Å². The number of carbonyl (C=O) groups is 1. The molecule has 21 heavy (non-hydrogen) atoms. The molecule has 0 saturated heterocycles. The molecular weight excluding hydrogens is 335 g/mol. The van der Waals surface area contributed by atoms with Crippen LogP contribution in [0.25, 0.3) is 0 Å². The molecule has 2 aromatic rings. The first-order valence-corrected chi connectivity index (χ1v) is 6.86. The van der Waals surface area contributed by atoms with Gasteiger partial charge in [0.1, 0.15) is 0 Å². The highest BCUT2D eigenvalue weighted by Gasteiger charge is 2.07. The lowest BCUT2D eigenvalue weighted by Crippen LogP contribution is -2.21. The number of hydrogen-bond acceptors (Lipinski definition) is 4. The number of hydrazone groups is 1. The number of rotatable bonds is 4. The van der Waals surface area contributed by atoms with E-state index in [2.05, 4.69) is 10.5 Å². The van der Waals surface area contributed by atoms with Gasteiger partial charge in [0.15, 0.2) is 0 Å². The van der Waals surface area contributed by atoms with Crippen molar-refractivity contribution in [3.05, 3.63) is 62.6 Å². The Morgan fingerprint density at radius 3 is 2.29 bits per heavy atom. The van der Waals surface area contributed by atoms with Crippen LogP contribution in [0.4, 0.5) is 5.69 Å². The van der Waals surface area contributed by atoms with Crippen molar-refractivity contribution in [2.45, 2.75) is 0 Å². The van der Waals surface area contributed by atoms with Gasteiger partial charge in [0, 0.05) is 5.56 Å². The standard InChI is InChI=1S/C14H9Cl3N2O2/c15-11-5-6-12(16)13(17)10(11)7-18-19-9-3-1-8(2-4-9)14(20)21/h1-7,19H,(H,20,21)/p-1/b18-7-. The molecular formula is C14H8Cl3N2O2-. The Balaban J connectivity index is 2.13. The molecule has 0 unspecified atom stereocenters. The van der Waals surface area contributed by atoms with E-state index in [0.717, 1.165) is 0 Å². The lowest BCUT2D eigenvalue weighted by Gasteiger charge is -2.05. The SMILES string of the molecule is O=C([O-])c1ccc(N/N=C\c2c(Cl)ccc(Cl)c2Cl)cc1. The largest absolute Gasteiger partial charge is 0.545 e. The normalized spacial score (nSPS) is 10.8. The molecule has 2 rings (SSSR count). The summed E-state index contributed by atoms with van der Waals surface area (Å²) in [6, 6.07) is 9.15. The minimum absolute atomic E-state index is 0.0884. The Morgan fingerprint density at radius 2 is 1.67 bits per heavy atom. The molecule has 0 bridgehead atoms. The van der Waals surface area contributed by atoms with Crippen LogP contribution in [0, 0.1) is 0 Å². The van der Waals surface area contributed by atoms with Crippen LogP contribution in [0.5, 0.6) is 0 Å². The zero-order valence-corrected chi connectivity index (χ0v) is 12.7. The van der Waals surface area contributed by atoms with E-state index in [1.807, 2.05) is 0 Å². The summed E-state index contributed by atoms with van der Waals surface area (Å²) in [4.78, 5) is 10.6. The zero-order valence-electron chi connectivity index (χ0n) is 10.4. The number of halogens is 3. The van der Waals surface area contributed by atoms with E-state index in [0.29, 0.717) is 26.3 Å². The molecule has 2 aromatic carbocycles. The molecule has 0 radical (unpaired) electrons. The van der Waals surface area contributed by atoms with Crippen molar-refractivity contribution >= 4 is 52.7 Å². The Bertz CT molecular complexity index is 700. The van der Waals surface area contributed by atoms with Crippen molar-refractivity contribution in [1.82, 2.24) is 0 Å². The summed E-state index contributed by atoms with van der Waals surface area (Å²) < 4.78 is 0. The van der Waals surface area contributed by atoms with Gasteiger partial charge in [0.25, 0.3) is 0 Å². The van der Waals surface area contributed by atoms with E-state index in [4.69, 9.17) is 34.8 Å². The van der Waals surface area contributed by atoms with E-state index in [-0.39, 0.29) is 5.56 Å². The first-order chi connectivity index (χ1) is 9.99. The van der Waals surface area contributed by atoms with E-state index in [9.17, 15) is 9.90 Å². The van der Waals surface area contributed by atoms with Gasteiger partial charge in [0.05, 0.1) is 32.9 Å². The maximum atomic E-state index is 10.6. The summed E-state index contributed by atoms with van der Waals surface area (Å²) in [5.74, 6) is -1.23.